The molecule has 2 aromatic carbocycles. The van der Waals surface area contributed by atoms with Crippen LogP contribution >= 0.6 is 0 Å². The fourth-order valence-electron chi connectivity index (χ4n) is 3.19. The number of hydrogen-bond donors (Lipinski definition) is 2. The molecule has 0 fully saturated rings. The number of alkyl carbamates (subject to hydrolysis) is 1. The molecular formula is C24H33N3O7S. The molecule has 0 aliphatic heterocycles. The van der Waals surface area contributed by atoms with Crippen LogP contribution in [0.1, 0.15) is 44.7 Å². The summed E-state index contributed by atoms with van der Waals surface area (Å²) in [4.78, 5) is 22.7. The highest BCUT2D eigenvalue weighted by molar-refractivity contribution is 7.92. The zero-order valence-electron chi connectivity index (χ0n) is 20.3. The van der Waals surface area contributed by atoms with Gasteiger partial charge in [-0.1, -0.05) is 42.5 Å². The average molecular weight is 508 g/mol. The van der Waals surface area contributed by atoms with Gasteiger partial charge in [0.1, 0.15) is 5.69 Å². The Labute approximate surface area is 206 Å². The lowest BCUT2D eigenvalue weighted by Gasteiger charge is -2.19. The molecule has 192 valence electrons. The van der Waals surface area contributed by atoms with E-state index in [0.29, 0.717) is 25.0 Å². The van der Waals surface area contributed by atoms with Gasteiger partial charge < -0.3 is 14.8 Å². The number of nitro benzene ring substituents is 1. The van der Waals surface area contributed by atoms with Gasteiger partial charge >= 0.3 is 6.09 Å². The number of sulfonamides is 1. The molecule has 2 aromatic rings. The maximum atomic E-state index is 12.5. The van der Waals surface area contributed by atoms with Gasteiger partial charge in [-0.05, 0) is 38.8 Å². The predicted octanol–water partition coefficient (Wildman–Crippen LogP) is 4.25. The van der Waals surface area contributed by atoms with Crippen molar-refractivity contribution in [3.05, 3.63) is 69.8 Å². The SMILES string of the molecule is CC(C)(C)NC(=O)OCCCOCCCS(=O)(=O)Nc1cccc(Cc2ccccc2)c1[N+](=O)[O-]. The Morgan fingerprint density at radius 3 is 2.34 bits per heavy atom. The van der Waals surface area contributed by atoms with Crippen LogP contribution < -0.4 is 10.0 Å². The Kier molecular flexibility index (Phi) is 10.5. The number of carbonyl (C=O) groups is 1. The van der Waals surface area contributed by atoms with Gasteiger partial charge in [0.2, 0.25) is 10.0 Å². The van der Waals surface area contributed by atoms with Crippen LogP contribution in [-0.4, -0.2) is 50.5 Å². The number of rotatable bonds is 13. The van der Waals surface area contributed by atoms with Crippen molar-refractivity contribution in [2.24, 2.45) is 0 Å². The summed E-state index contributed by atoms with van der Waals surface area (Å²) in [5.74, 6) is -0.252. The Balaban J connectivity index is 1.81. The zero-order chi connectivity index (χ0) is 25.9. The number of carbonyl (C=O) groups excluding carboxylic acids is 1. The van der Waals surface area contributed by atoms with Crippen LogP contribution in [0.4, 0.5) is 16.2 Å². The number of para-hydroxylation sites is 1. The van der Waals surface area contributed by atoms with Crippen molar-refractivity contribution in [1.29, 1.82) is 0 Å². The molecule has 0 saturated heterocycles. The van der Waals surface area contributed by atoms with Crippen molar-refractivity contribution in [1.82, 2.24) is 5.32 Å². The van der Waals surface area contributed by atoms with E-state index in [9.17, 15) is 23.3 Å². The van der Waals surface area contributed by atoms with Gasteiger partial charge in [0.15, 0.2) is 0 Å². The van der Waals surface area contributed by atoms with Gasteiger partial charge in [-0.2, -0.15) is 0 Å². The summed E-state index contributed by atoms with van der Waals surface area (Å²) in [6.45, 7) is 6.22. The smallest absolute Gasteiger partial charge is 0.407 e. The Bertz CT molecular complexity index is 1080. The van der Waals surface area contributed by atoms with Gasteiger partial charge in [-0.15, -0.1) is 0 Å². The molecule has 35 heavy (non-hydrogen) atoms. The van der Waals surface area contributed by atoms with E-state index in [1.807, 2.05) is 51.1 Å². The first-order chi connectivity index (χ1) is 16.5. The molecule has 10 nitrogen and oxygen atoms in total. The van der Waals surface area contributed by atoms with Gasteiger partial charge in [0.05, 0.1) is 17.3 Å². The van der Waals surface area contributed by atoms with Crippen molar-refractivity contribution in [2.45, 2.75) is 45.6 Å². The zero-order valence-corrected chi connectivity index (χ0v) is 21.1. The average Bonchev–Trinajstić information content (AvgIpc) is 2.74. The van der Waals surface area contributed by atoms with Crippen molar-refractivity contribution in [3.8, 4) is 0 Å². The summed E-state index contributed by atoms with van der Waals surface area (Å²) in [5.41, 5.74) is 0.606. The quantitative estimate of drug-likeness (QED) is 0.235. The van der Waals surface area contributed by atoms with Crippen molar-refractivity contribution in [2.75, 3.05) is 30.3 Å². The summed E-state index contributed by atoms with van der Waals surface area (Å²) in [6, 6.07) is 13.8. The van der Waals surface area contributed by atoms with Crippen molar-refractivity contribution < 1.29 is 27.6 Å². The van der Waals surface area contributed by atoms with E-state index < -0.39 is 21.0 Å². The molecule has 0 radical (unpaired) electrons. The normalized spacial score (nSPS) is 11.6. The van der Waals surface area contributed by atoms with E-state index in [1.165, 1.54) is 6.07 Å². The summed E-state index contributed by atoms with van der Waals surface area (Å²) >= 11 is 0. The van der Waals surface area contributed by atoms with E-state index in [2.05, 4.69) is 10.0 Å². The predicted molar refractivity (Wildman–Crippen MR) is 134 cm³/mol. The molecule has 0 atom stereocenters. The van der Waals surface area contributed by atoms with E-state index >= 15 is 0 Å². The van der Waals surface area contributed by atoms with Crippen LogP contribution in [-0.2, 0) is 25.9 Å². The molecule has 0 aliphatic carbocycles. The van der Waals surface area contributed by atoms with Gasteiger partial charge in [-0.25, -0.2) is 13.2 Å². The number of nitrogens with zero attached hydrogens (tertiary/aromatic N) is 1. The van der Waals surface area contributed by atoms with E-state index in [1.54, 1.807) is 12.1 Å². The molecule has 2 rings (SSSR count). The Morgan fingerprint density at radius 1 is 1.00 bits per heavy atom. The third-order valence-electron chi connectivity index (χ3n) is 4.65. The van der Waals surface area contributed by atoms with Crippen LogP contribution in [0, 0.1) is 10.1 Å². The van der Waals surface area contributed by atoms with Crippen molar-refractivity contribution in [3.63, 3.8) is 0 Å². The minimum absolute atomic E-state index is 0.0602. The highest BCUT2D eigenvalue weighted by Gasteiger charge is 2.23. The number of nitro groups is 1. The van der Waals surface area contributed by atoms with E-state index in [4.69, 9.17) is 9.47 Å². The number of amides is 1. The maximum absolute atomic E-state index is 12.5. The van der Waals surface area contributed by atoms with E-state index in [0.717, 1.165) is 5.56 Å². The summed E-state index contributed by atoms with van der Waals surface area (Å²) in [6.07, 6.45) is 0.486. The van der Waals surface area contributed by atoms with Crippen molar-refractivity contribution >= 4 is 27.5 Å². The Hall–Kier alpha value is -3.18. The lowest BCUT2D eigenvalue weighted by atomic mass is 10.0. The third kappa shape index (κ3) is 10.7. The largest absolute Gasteiger partial charge is 0.449 e. The van der Waals surface area contributed by atoms with Gasteiger partial charge in [0, 0.05) is 37.2 Å². The first kappa shape index (κ1) is 28.1. The minimum Gasteiger partial charge on any atom is -0.449 e. The second-order valence-electron chi connectivity index (χ2n) is 8.98. The van der Waals surface area contributed by atoms with Crippen LogP contribution in [0.15, 0.2) is 48.5 Å². The second-order valence-corrected chi connectivity index (χ2v) is 10.8. The van der Waals surface area contributed by atoms with Crippen LogP contribution in [0.25, 0.3) is 0 Å². The summed E-state index contributed by atoms with van der Waals surface area (Å²) in [7, 11) is -3.82. The fraction of sp³-hybridized carbons (Fsp3) is 0.458. The molecule has 0 spiro atoms. The number of benzene rings is 2. The highest BCUT2D eigenvalue weighted by Crippen LogP contribution is 2.31. The molecular weight excluding hydrogens is 474 g/mol. The number of anilines is 1. The molecule has 0 bridgehead atoms. The molecule has 0 heterocycles. The molecule has 0 aliphatic rings. The first-order valence-corrected chi connectivity index (χ1v) is 13.0. The number of hydrogen-bond acceptors (Lipinski definition) is 7. The van der Waals surface area contributed by atoms with E-state index in [-0.39, 0.29) is 42.3 Å². The molecule has 0 saturated carbocycles. The van der Waals surface area contributed by atoms with Crippen LogP contribution in [0.2, 0.25) is 0 Å². The summed E-state index contributed by atoms with van der Waals surface area (Å²) in [5, 5.41) is 14.4. The van der Waals surface area contributed by atoms with Crippen LogP contribution in [0.5, 0.6) is 0 Å². The highest BCUT2D eigenvalue weighted by atomic mass is 32.2. The van der Waals surface area contributed by atoms with Gasteiger partial charge in [0.25, 0.3) is 5.69 Å². The molecule has 11 heteroatoms. The first-order valence-electron chi connectivity index (χ1n) is 11.3. The Morgan fingerprint density at radius 2 is 1.69 bits per heavy atom. The van der Waals surface area contributed by atoms with Crippen LogP contribution in [0.3, 0.4) is 0 Å². The minimum atomic E-state index is -3.82. The lowest BCUT2D eigenvalue weighted by molar-refractivity contribution is -0.384. The number of ether oxygens (including phenoxy) is 2. The topological polar surface area (TPSA) is 137 Å². The fourth-order valence-corrected chi connectivity index (χ4v) is 4.29. The maximum Gasteiger partial charge on any atom is 0.407 e. The monoisotopic (exact) mass is 507 g/mol. The number of nitrogens with one attached hydrogen (secondary N) is 2. The van der Waals surface area contributed by atoms with Gasteiger partial charge in [-0.3, -0.25) is 14.8 Å². The third-order valence-corrected chi connectivity index (χ3v) is 6.01. The molecule has 1 amide bonds. The molecule has 0 aromatic heterocycles. The summed E-state index contributed by atoms with van der Waals surface area (Å²) < 4.78 is 37.8. The standard InChI is InChI=1S/C24H33N3O7S/c1-24(2,3)25-23(28)34-16-8-14-33-15-9-17-35(31,32)26-21-13-7-12-20(22(21)27(29)30)18-19-10-5-4-6-11-19/h4-7,10-13,26H,8-9,14-18H2,1-3H3,(H,25,28). The molecule has 0 unspecified atom stereocenters. The second kappa shape index (κ2) is 13.1. The molecule has 2 N–H and O–H groups in total. The lowest BCUT2D eigenvalue weighted by Crippen LogP contribution is -2.41.